The molecule has 24 aromatic rings. The predicted molar refractivity (Wildman–Crippen MR) is 541 cm³/mol. The lowest BCUT2D eigenvalue weighted by atomic mass is 9.98. The molecule has 13 heteroatoms. The first kappa shape index (κ1) is 81.8. The molecular weight excluding hydrogens is 1640 g/mol. The second-order valence-electron chi connectivity index (χ2n) is 32.4. The minimum absolute atomic E-state index is 0.410. The Balaban J connectivity index is 0.000000107. The lowest BCUT2D eigenvalue weighted by molar-refractivity contribution is 1.18. The fourth-order valence-corrected chi connectivity index (χ4v) is 18.4. The first-order chi connectivity index (χ1) is 66.2. The molecule has 0 spiro atoms. The maximum absolute atomic E-state index is 9.40. The van der Waals surface area contributed by atoms with Crippen molar-refractivity contribution >= 4 is 87.2 Å². The second kappa shape index (κ2) is 36.3. The van der Waals surface area contributed by atoms with Gasteiger partial charge in [-0.05, 0) is 212 Å². The van der Waals surface area contributed by atoms with Crippen LogP contribution in [0.4, 0.5) is 0 Å². The van der Waals surface area contributed by atoms with Gasteiger partial charge in [0.2, 0.25) is 0 Å². The molecule has 0 saturated heterocycles. The molecule has 0 radical (unpaired) electrons. The lowest BCUT2D eigenvalue weighted by Gasteiger charge is -2.11. The zero-order chi connectivity index (χ0) is 90.4. The van der Waals surface area contributed by atoms with Gasteiger partial charge < -0.3 is 18.3 Å². The third kappa shape index (κ3) is 15.8. The van der Waals surface area contributed by atoms with Crippen molar-refractivity contribution in [2.75, 3.05) is 0 Å². The summed E-state index contributed by atoms with van der Waals surface area (Å²) < 4.78 is 9.25. The molecule has 8 heterocycles. The zero-order valence-electron chi connectivity index (χ0n) is 72.1. The van der Waals surface area contributed by atoms with E-state index in [0.29, 0.717) is 28.1 Å². The average Bonchev–Trinajstić information content (AvgIpc) is 1.61. The van der Waals surface area contributed by atoms with Crippen molar-refractivity contribution in [3.63, 3.8) is 0 Å². The molecule has 0 atom stereocenters. The van der Waals surface area contributed by atoms with Crippen LogP contribution in [0.25, 0.3) is 199 Å². The van der Waals surface area contributed by atoms with E-state index in [1.165, 1.54) is 65.4 Å². The molecule has 0 saturated carbocycles. The molecule has 0 N–H and O–H groups in total. The molecule has 0 fully saturated rings. The van der Waals surface area contributed by atoms with Gasteiger partial charge in [0.25, 0.3) is 0 Å². The van der Waals surface area contributed by atoms with Crippen molar-refractivity contribution in [3.8, 4) is 142 Å². The van der Waals surface area contributed by atoms with E-state index in [1.807, 2.05) is 72.8 Å². The van der Waals surface area contributed by atoms with Gasteiger partial charge in [0.05, 0.1) is 78.7 Å². The number of rotatable bonds is 12. The third-order valence-electron chi connectivity index (χ3n) is 24.7. The van der Waals surface area contributed by atoms with Gasteiger partial charge in [-0.1, -0.05) is 279 Å². The highest BCUT2D eigenvalue weighted by Gasteiger charge is 2.20. The summed E-state index contributed by atoms with van der Waals surface area (Å²) in [6, 6.07) is 157. The molecule has 0 aliphatic carbocycles. The van der Waals surface area contributed by atoms with Gasteiger partial charge in [-0.15, -0.1) is 0 Å². The quantitative estimate of drug-likeness (QED) is 0.115. The minimum Gasteiger partial charge on any atom is -0.309 e. The van der Waals surface area contributed by atoms with Gasteiger partial charge in [-0.3, -0.25) is 9.97 Å². The van der Waals surface area contributed by atoms with Crippen molar-refractivity contribution in [1.82, 2.24) is 38.2 Å². The van der Waals surface area contributed by atoms with E-state index in [0.717, 1.165) is 134 Å². The number of para-hydroxylation sites is 7. The van der Waals surface area contributed by atoms with Crippen LogP contribution in [0.5, 0.6) is 0 Å². The second-order valence-corrected chi connectivity index (χ2v) is 32.4. The first-order valence-corrected chi connectivity index (χ1v) is 43.9. The van der Waals surface area contributed by atoms with E-state index in [1.54, 1.807) is 43.1 Å². The molecular formula is C121H75N13. The van der Waals surface area contributed by atoms with E-state index in [2.05, 4.69) is 408 Å². The number of pyridine rings is 4. The van der Waals surface area contributed by atoms with Crippen LogP contribution in [-0.4, -0.2) is 38.2 Å². The van der Waals surface area contributed by atoms with E-state index in [-0.39, 0.29) is 0 Å². The Bertz CT molecular complexity index is 8470. The molecule has 0 aliphatic heterocycles. The predicted octanol–water partition coefficient (Wildman–Crippen LogP) is 29.4. The van der Waals surface area contributed by atoms with Crippen LogP contribution in [0, 0.1) is 56.7 Å². The Morgan fingerprint density at radius 1 is 0.194 bits per heavy atom. The van der Waals surface area contributed by atoms with Crippen LogP contribution >= 0.6 is 0 Å². The highest BCUT2D eigenvalue weighted by atomic mass is 15.0. The summed E-state index contributed by atoms with van der Waals surface area (Å²) in [5.74, 6) is 0. The van der Waals surface area contributed by atoms with Crippen LogP contribution in [0.2, 0.25) is 0 Å². The van der Waals surface area contributed by atoms with Crippen molar-refractivity contribution in [3.05, 3.63) is 484 Å². The van der Waals surface area contributed by atoms with Crippen LogP contribution in [0.3, 0.4) is 0 Å². The van der Waals surface area contributed by atoms with Crippen molar-refractivity contribution in [1.29, 1.82) is 26.3 Å². The number of nitrogens with zero attached hydrogens (tertiary/aromatic N) is 13. The number of hydrogen-bond donors (Lipinski definition) is 0. The largest absolute Gasteiger partial charge is 0.309 e. The molecule has 0 aliphatic rings. The number of hydrogen-bond acceptors (Lipinski definition) is 9. The molecule has 624 valence electrons. The molecule has 8 aromatic heterocycles. The fourth-order valence-electron chi connectivity index (χ4n) is 18.4. The van der Waals surface area contributed by atoms with E-state index >= 15 is 0 Å². The third-order valence-corrected chi connectivity index (χ3v) is 24.7. The topological polar surface area (TPSA) is 190 Å². The lowest BCUT2D eigenvalue weighted by Crippen LogP contribution is -1.94. The normalized spacial score (nSPS) is 10.9. The summed E-state index contributed by atoms with van der Waals surface area (Å²) in [6.45, 7) is 0. The molecule has 0 unspecified atom stereocenters. The number of fused-ring (bicyclic) bond motifs is 12. The highest BCUT2D eigenvalue weighted by molar-refractivity contribution is 6.13. The summed E-state index contributed by atoms with van der Waals surface area (Å²) in [4.78, 5) is 16.7. The van der Waals surface area contributed by atoms with E-state index < -0.39 is 0 Å². The zero-order valence-corrected chi connectivity index (χ0v) is 72.1. The molecule has 13 nitrogen and oxygen atoms in total. The summed E-state index contributed by atoms with van der Waals surface area (Å²) in [5, 5.41) is 56.2. The minimum atomic E-state index is 0.410. The van der Waals surface area contributed by atoms with Crippen molar-refractivity contribution in [2.24, 2.45) is 0 Å². The summed E-state index contributed by atoms with van der Waals surface area (Å²) in [5.41, 5.74) is 33.2. The van der Waals surface area contributed by atoms with E-state index in [4.69, 9.17) is 10.5 Å². The standard InChI is InChI=1S/C31H18N4.3C30H19N3/c32-19-21-11-16-31-28(17-21)27-8-1-2-10-30(27)35(31)26-7-3-5-24(18-26)22-12-14-23(15-13-22)29-9-4-6-25(20-33)34-29;31-20-25-18-24(16-17-32-25)22-14-12-21(13-15-22)23-6-5-7-26(19-23)33-29-10-3-1-8-27(29)28-9-2-4-11-30(28)33;31-19-24-20-32-17-16-26(24)22-14-12-21(13-15-22)23-6-5-7-25(18-23)33-29-10-3-1-8-27(29)28-9-2-4-11-30(28)33;31-19-24-16-17-32-20-28(24)22-14-12-21(13-15-22)23-6-5-7-25(18-23)33-29-10-3-1-8-26(29)27-9-2-4-11-30(27)33/h1-18H;1-19H;2*1-18,20H. The van der Waals surface area contributed by atoms with Gasteiger partial charge in [-0.2, -0.15) is 26.3 Å². The average molecular weight is 1710 g/mol. The fraction of sp³-hybridized carbons (Fsp3) is 0. The van der Waals surface area contributed by atoms with Crippen LogP contribution in [-0.2, 0) is 0 Å². The Labute approximate surface area is 772 Å². The molecule has 0 bridgehead atoms. The van der Waals surface area contributed by atoms with Gasteiger partial charge in [0, 0.05) is 114 Å². The Morgan fingerprint density at radius 3 is 0.903 bits per heavy atom. The number of benzene rings is 16. The molecule has 24 rings (SSSR count). The Hall–Kier alpha value is -19.2. The van der Waals surface area contributed by atoms with Crippen LogP contribution in [0.15, 0.2) is 456 Å². The monoisotopic (exact) mass is 1710 g/mol. The maximum Gasteiger partial charge on any atom is 0.141 e. The van der Waals surface area contributed by atoms with Gasteiger partial charge in [-0.25, -0.2) is 9.97 Å². The first-order valence-electron chi connectivity index (χ1n) is 43.9. The summed E-state index contributed by atoms with van der Waals surface area (Å²) >= 11 is 0. The van der Waals surface area contributed by atoms with Gasteiger partial charge in [0.15, 0.2) is 0 Å². The van der Waals surface area contributed by atoms with Crippen molar-refractivity contribution in [2.45, 2.75) is 0 Å². The summed E-state index contributed by atoms with van der Waals surface area (Å²) in [6.07, 6.45) is 8.40. The van der Waals surface area contributed by atoms with Crippen LogP contribution in [0.1, 0.15) is 28.1 Å². The molecule has 0 amide bonds. The Kier molecular flexibility index (Phi) is 22.1. The Morgan fingerprint density at radius 2 is 0.522 bits per heavy atom. The van der Waals surface area contributed by atoms with Crippen LogP contribution < -0.4 is 0 Å². The highest BCUT2D eigenvalue weighted by Crippen LogP contribution is 2.41. The van der Waals surface area contributed by atoms with Gasteiger partial charge >= 0.3 is 0 Å². The SMILES string of the molecule is N#Cc1cc(-c2ccc(-c3cccc(-n4c5ccccc5c5ccccc54)c3)cc2)ccn1.N#Cc1ccc2c(c1)c1ccccc1n2-c1cccc(-c2ccc(-c3cccc(C#N)n3)cc2)c1.N#Cc1ccncc1-c1ccc(-c2cccc(-n3c4ccccc4c4ccccc43)c2)cc1.N#Cc1cnccc1-c1ccc(-c2cccc(-n3c4ccccc4c4ccccc43)c2)cc1. The number of aromatic nitrogens is 8. The molecule has 134 heavy (non-hydrogen) atoms. The molecule has 16 aromatic carbocycles. The van der Waals surface area contributed by atoms with Crippen molar-refractivity contribution < 1.29 is 0 Å². The number of nitriles is 5. The summed E-state index contributed by atoms with van der Waals surface area (Å²) in [7, 11) is 0. The smallest absolute Gasteiger partial charge is 0.141 e. The van der Waals surface area contributed by atoms with E-state index in [9.17, 15) is 15.8 Å². The maximum atomic E-state index is 9.40. The van der Waals surface area contributed by atoms with Gasteiger partial charge in [0.1, 0.15) is 29.6 Å².